The fourth-order valence-corrected chi connectivity index (χ4v) is 6.41. The van der Waals surface area contributed by atoms with Crippen molar-refractivity contribution in [3.63, 3.8) is 0 Å². The Labute approximate surface area is 255 Å². The first-order valence-electron chi connectivity index (χ1n) is 14.7. The minimum atomic E-state index is 0.780. The lowest BCUT2D eigenvalue weighted by Crippen LogP contribution is -1.88. The van der Waals surface area contributed by atoms with E-state index in [1.165, 1.54) is 0 Å². The van der Waals surface area contributed by atoms with E-state index in [0.717, 1.165) is 99.7 Å². The lowest BCUT2D eigenvalue weighted by atomic mass is 10.0. The highest BCUT2D eigenvalue weighted by Gasteiger charge is 2.14. The Kier molecular flexibility index (Phi) is 4.90. The van der Waals surface area contributed by atoms with Gasteiger partial charge in [-0.15, -0.1) is 0 Å². The van der Waals surface area contributed by atoms with Gasteiger partial charge in [-0.2, -0.15) is 0 Å². The third kappa shape index (κ3) is 3.72. The number of hydrogen-bond donors (Lipinski definition) is 0. The number of fused-ring (bicyclic) bond motifs is 9. The van der Waals surface area contributed by atoms with Crippen LogP contribution >= 0.6 is 0 Å². The van der Waals surface area contributed by atoms with Crippen LogP contribution in [0.2, 0.25) is 0 Å². The second kappa shape index (κ2) is 9.11. The predicted molar refractivity (Wildman–Crippen MR) is 178 cm³/mol. The monoisotopic (exact) mass is 579 g/mol. The van der Waals surface area contributed by atoms with Gasteiger partial charge >= 0.3 is 0 Å². The number of pyridine rings is 3. The molecule has 0 saturated carbocycles. The van der Waals surface area contributed by atoms with Crippen LogP contribution in [0.1, 0.15) is 0 Å². The average Bonchev–Trinajstić information content (AvgIpc) is 3.78. The van der Waals surface area contributed by atoms with Gasteiger partial charge in [0.2, 0.25) is 0 Å². The maximum atomic E-state index is 6.25. The summed E-state index contributed by atoms with van der Waals surface area (Å²) < 4.78 is 18.2. The van der Waals surface area contributed by atoms with Crippen LogP contribution in [0.5, 0.6) is 0 Å². The van der Waals surface area contributed by atoms with Crippen molar-refractivity contribution in [2.24, 2.45) is 0 Å². The van der Waals surface area contributed by atoms with Crippen molar-refractivity contribution < 1.29 is 13.3 Å². The maximum Gasteiger partial charge on any atom is 0.153 e. The van der Waals surface area contributed by atoms with Gasteiger partial charge in [-0.3, -0.25) is 9.97 Å². The Morgan fingerprint density at radius 3 is 1.33 bits per heavy atom. The molecule has 0 atom stereocenters. The van der Waals surface area contributed by atoms with E-state index >= 15 is 0 Å². The molecule has 0 aliphatic heterocycles. The molecule has 0 aliphatic carbocycles. The van der Waals surface area contributed by atoms with Gasteiger partial charge in [-0.05, 0) is 108 Å². The van der Waals surface area contributed by atoms with Crippen LogP contribution in [0.25, 0.3) is 99.7 Å². The Balaban J connectivity index is 1.07. The molecule has 0 spiro atoms. The zero-order chi connectivity index (χ0) is 29.5. The Morgan fingerprint density at radius 2 is 0.778 bits per heavy atom. The SMILES string of the molecule is c1cc(-c2ccc3oc4ccc(-c5ccc6oc7cccnc7c6c5)cc4c3c2)nc(-c2ccc3oc4cccnc4c3c2)c1. The zero-order valence-corrected chi connectivity index (χ0v) is 23.7. The molecule has 0 saturated heterocycles. The number of hydrogen-bond acceptors (Lipinski definition) is 6. The van der Waals surface area contributed by atoms with Gasteiger partial charge in [0.1, 0.15) is 33.4 Å². The highest BCUT2D eigenvalue weighted by molar-refractivity contribution is 6.09. The zero-order valence-electron chi connectivity index (χ0n) is 23.7. The molecule has 0 unspecified atom stereocenters. The maximum absolute atomic E-state index is 6.25. The summed E-state index contributed by atoms with van der Waals surface area (Å²) >= 11 is 0. The molecule has 0 radical (unpaired) electrons. The molecule has 10 rings (SSSR count). The molecular weight excluding hydrogens is 558 g/mol. The molecule has 0 fully saturated rings. The summed E-state index contributed by atoms with van der Waals surface area (Å²) in [6.07, 6.45) is 3.59. The smallest absolute Gasteiger partial charge is 0.153 e. The molecule has 0 amide bonds. The van der Waals surface area contributed by atoms with Crippen molar-refractivity contribution in [1.82, 2.24) is 15.0 Å². The van der Waals surface area contributed by atoms with Crippen LogP contribution in [-0.4, -0.2) is 15.0 Å². The molecule has 6 heteroatoms. The van der Waals surface area contributed by atoms with Crippen molar-refractivity contribution in [2.45, 2.75) is 0 Å². The highest BCUT2D eigenvalue weighted by Crippen LogP contribution is 2.37. The standard InChI is InChI=1S/C39H21N3O3/c1-4-30(42-31(5-1)25-11-15-35-29(21-25)39-37(45-35)7-3-17-41-39)24-10-14-33-27(20-24)26-18-22(8-12-32(26)43-33)23-9-13-34-28(19-23)38-36(44-34)6-2-16-40-38/h1-21H. The van der Waals surface area contributed by atoms with Gasteiger partial charge in [0.05, 0.1) is 11.4 Å². The molecule has 10 aromatic rings. The van der Waals surface area contributed by atoms with E-state index in [1.807, 2.05) is 72.8 Å². The fraction of sp³-hybridized carbons (Fsp3) is 0. The molecule has 0 bridgehead atoms. The summed E-state index contributed by atoms with van der Waals surface area (Å²) in [7, 11) is 0. The Bertz CT molecular complexity index is 2790. The van der Waals surface area contributed by atoms with Gasteiger partial charge < -0.3 is 13.3 Å². The topological polar surface area (TPSA) is 78.1 Å². The van der Waals surface area contributed by atoms with Crippen molar-refractivity contribution in [3.05, 3.63) is 128 Å². The second-order valence-electron chi connectivity index (χ2n) is 11.3. The first-order chi connectivity index (χ1) is 22.2. The van der Waals surface area contributed by atoms with Crippen LogP contribution in [0.3, 0.4) is 0 Å². The first kappa shape index (κ1) is 24.2. The minimum Gasteiger partial charge on any atom is -0.456 e. The quantitative estimate of drug-likeness (QED) is 0.207. The van der Waals surface area contributed by atoms with Gasteiger partial charge in [0.15, 0.2) is 11.2 Å². The van der Waals surface area contributed by atoms with Crippen LogP contribution < -0.4 is 0 Å². The van der Waals surface area contributed by atoms with Crippen molar-refractivity contribution in [2.75, 3.05) is 0 Å². The van der Waals surface area contributed by atoms with E-state index in [2.05, 4.69) is 52.4 Å². The molecule has 45 heavy (non-hydrogen) atoms. The van der Waals surface area contributed by atoms with Crippen molar-refractivity contribution in [1.29, 1.82) is 0 Å². The molecule has 6 nitrogen and oxygen atoms in total. The van der Waals surface area contributed by atoms with Crippen LogP contribution in [0, 0.1) is 0 Å². The van der Waals surface area contributed by atoms with Crippen LogP contribution in [0.15, 0.2) is 141 Å². The van der Waals surface area contributed by atoms with Gasteiger partial charge in [-0.1, -0.05) is 18.2 Å². The Morgan fingerprint density at radius 1 is 0.356 bits per heavy atom. The first-order valence-corrected chi connectivity index (χ1v) is 14.7. The largest absolute Gasteiger partial charge is 0.456 e. The molecule has 6 heterocycles. The van der Waals surface area contributed by atoms with Gasteiger partial charge in [0, 0.05) is 45.1 Å². The lowest BCUT2D eigenvalue weighted by molar-refractivity contribution is 0.668. The summed E-state index contributed by atoms with van der Waals surface area (Å²) in [6.45, 7) is 0. The summed E-state index contributed by atoms with van der Waals surface area (Å²) in [5.41, 5.74) is 12.6. The molecular formula is C39H21N3O3. The average molecular weight is 580 g/mol. The number of aromatic nitrogens is 3. The van der Waals surface area contributed by atoms with Crippen molar-refractivity contribution in [3.8, 4) is 33.6 Å². The molecule has 4 aromatic carbocycles. The molecule has 0 aliphatic rings. The van der Waals surface area contributed by atoms with E-state index in [9.17, 15) is 0 Å². The van der Waals surface area contributed by atoms with E-state index in [1.54, 1.807) is 12.4 Å². The Hall–Kier alpha value is -6.27. The minimum absolute atomic E-state index is 0.780. The molecule has 210 valence electrons. The molecule has 6 aromatic heterocycles. The number of benzene rings is 4. The second-order valence-corrected chi connectivity index (χ2v) is 11.3. The number of rotatable bonds is 3. The van der Waals surface area contributed by atoms with E-state index in [-0.39, 0.29) is 0 Å². The van der Waals surface area contributed by atoms with E-state index in [4.69, 9.17) is 18.2 Å². The fourth-order valence-electron chi connectivity index (χ4n) is 6.41. The van der Waals surface area contributed by atoms with E-state index in [0.29, 0.717) is 0 Å². The summed E-state index contributed by atoms with van der Waals surface area (Å²) in [5.74, 6) is 0. The third-order valence-electron chi connectivity index (χ3n) is 8.59. The normalized spacial score (nSPS) is 12.0. The van der Waals surface area contributed by atoms with Gasteiger partial charge in [0.25, 0.3) is 0 Å². The van der Waals surface area contributed by atoms with Crippen molar-refractivity contribution >= 4 is 66.1 Å². The number of nitrogens with zero attached hydrogens (tertiary/aromatic N) is 3. The summed E-state index contributed by atoms with van der Waals surface area (Å²) in [6, 6.07) is 38.8. The predicted octanol–water partition coefficient (Wildman–Crippen LogP) is 10.6. The molecule has 0 N–H and O–H groups in total. The van der Waals surface area contributed by atoms with E-state index < -0.39 is 0 Å². The lowest BCUT2D eigenvalue weighted by Gasteiger charge is -2.06. The highest BCUT2D eigenvalue weighted by atomic mass is 16.3. The van der Waals surface area contributed by atoms with Gasteiger partial charge in [-0.25, -0.2) is 4.98 Å². The van der Waals surface area contributed by atoms with Crippen LogP contribution in [0.4, 0.5) is 0 Å². The number of furan rings is 3. The third-order valence-corrected chi connectivity index (χ3v) is 8.59. The summed E-state index contributed by atoms with van der Waals surface area (Å²) in [4.78, 5) is 14.2. The van der Waals surface area contributed by atoms with Crippen LogP contribution in [-0.2, 0) is 0 Å². The summed E-state index contributed by atoms with van der Waals surface area (Å²) in [5, 5.41) is 4.09.